The molecule has 2 atom stereocenters. The van der Waals surface area contributed by atoms with Crippen LogP contribution in [0, 0.1) is 0 Å². The second-order valence-electron chi connectivity index (χ2n) is 8.34. The quantitative estimate of drug-likeness (QED) is 0.457. The molecule has 10 heteroatoms. The van der Waals surface area contributed by atoms with Crippen molar-refractivity contribution in [3.63, 3.8) is 0 Å². The fraction of sp³-hybridized carbons (Fsp3) is 0.381. The van der Waals surface area contributed by atoms with Gasteiger partial charge < -0.3 is 10.6 Å². The van der Waals surface area contributed by atoms with Gasteiger partial charge in [-0.3, -0.25) is 0 Å². The summed E-state index contributed by atoms with van der Waals surface area (Å²) >= 11 is 0. The van der Waals surface area contributed by atoms with Gasteiger partial charge in [-0.05, 0) is 53.7 Å². The minimum Gasteiger partial charge on any atom is -0.311 e. The molecular formula is C21H25N7O2S. The number of hydrogen-bond acceptors (Lipinski definition) is 7. The lowest BCUT2D eigenvalue weighted by Crippen LogP contribution is -2.46. The molecule has 9 nitrogen and oxygen atoms in total. The molecule has 162 valence electrons. The Kier molecular flexibility index (Phi) is 5.30. The first-order valence-corrected chi connectivity index (χ1v) is 12.0. The largest absolute Gasteiger partial charge is 0.311 e. The van der Waals surface area contributed by atoms with E-state index in [9.17, 15) is 8.42 Å². The second-order valence-corrected chi connectivity index (χ2v) is 9.87. The fourth-order valence-electron chi connectivity index (χ4n) is 4.80. The number of nitrogens with zero attached hydrogens (tertiary/aromatic N) is 3. The summed E-state index contributed by atoms with van der Waals surface area (Å²) in [5.74, 6) is 0.186. The molecule has 1 aromatic heterocycles. The fourth-order valence-corrected chi connectivity index (χ4v) is 5.55. The molecule has 31 heavy (non-hydrogen) atoms. The minimum atomic E-state index is -3.96. The first-order valence-electron chi connectivity index (χ1n) is 10.5. The number of piperidine rings is 1. The molecule has 0 amide bonds. The van der Waals surface area contributed by atoms with Crippen molar-refractivity contribution in [2.45, 2.75) is 55.2 Å². The number of rotatable bonds is 6. The third kappa shape index (κ3) is 4.24. The molecule has 0 aliphatic carbocycles. The van der Waals surface area contributed by atoms with E-state index >= 15 is 0 Å². The maximum absolute atomic E-state index is 12.2. The molecule has 5 rings (SSSR count). The van der Waals surface area contributed by atoms with Crippen LogP contribution < -0.4 is 15.8 Å². The molecule has 3 aromatic rings. The Labute approximate surface area is 180 Å². The molecule has 0 radical (unpaired) electrons. The summed E-state index contributed by atoms with van der Waals surface area (Å²) in [6.07, 6.45) is 4.95. The number of H-pyrrole nitrogens is 1. The van der Waals surface area contributed by atoms with Gasteiger partial charge in [0.1, 0.15) is 0 Å². The van der Waals surface area contributed by atoms with Crippen molar-refractivity contribution < 1.29 is 8.42 Å². The Morgan fingerprint density at radius 1 is 1.06 bits per heavy atom. The minimum absolute atomic E-state index is 0.0299. The molecule has 2 aliphatic rings. The van der Waals surface area contributed by atoms with Gasteiger partial charge in [0.15, 0.2) is 0 Å². The number of primary sulfonamides is 1. The number of benzene rings is 2. The van der Waals surface area contributed by atoms with Crippen LogP contribution >= 0.6 is 0 Å². The highest BCUT2D eigenvalue weighted by atomic mass is 32.2. The number of aromatic amines is 1. The Morgan fingerprint density at radius 3 is 2.45 bits per heavy atom. The summed E-state index contributed by atoms with van der Waals surface area (Å²) in [4.78, 5) is -0.0299. The molecule has 2 bridgehead atoms. The van der Waals surface area contributed by atoms with Crippen LogP contribution in [0.25, 0.3) is 22.5 Å². The summed E-state index contributed by atoms with van der Waals surface area (Å²) in [5, 5.41) is 26.7. The van der Waals surface area contributed by atoms with E-state index in [1.165, 1.54) is 37.3 Å². The van der Waals surface area contributed by atoms with E-state index in [1.807, 2.05) is 18.2 Å². The zero-order valence-electron chi connectivity index (χ0n) is 17.0. The van der Waals surface area contributed by atoms with Gasteiger partial charge in [-0.25, -0.2) is 13.6 Å². The smallest absolute Gasteiger partial charge is 0.238 e. The highest BCUT2D eigenvalue weighted by Crippen LogP contribution is 2.35. The van der Waals surface area contributed by atoms with E-state index in [4.69, 9.17) is 5.14 Å². The summed E-state index contributed by atoms with van der Waals surface area (Å²) < 4.78 is 24.3. The number of tetrazole rings is 1. The number of nitrogens with two attached hydrogens (primary N) is 1. The molecule has 2 aromatic carbocycles. The van der Waals surface area contributed by atoms with E-state index in [-0.39, 0.29) is 10.7 Å². The molecule has 0 saturated carbocycles. The molecule has 3 heterocycles. The van der Waals surface area contributed by atoms with Crippen LogP contribution in [0.5, 0.6) is 0 Å². The lowest BCUT2D eigenvalue weighted by Gasteiger charge is -2.29. The highest BCUT2D eigenvalue weighted by Gasteiger charge is 2.33. The normalized spacial score (nSPS) is 23.2. The van der Waals surface area contributed by atoms with Crippen molar-refractivity contribution in [3.8, 4) is 22.5 Å². The van der Waals surface area contributed by atoms with E-state index in [0.29, 0.717) is 29.3 Å². The van der Waals surface area contributed by atoms with Crippen LogP contribution in [0.2, 0.25) is 0 Å². The van der Waals surface area contributed by atoms with E-state index < -0.39 is 10.0 Å². The molecule has 2 saturated heterocycles. The first kappa shape index (κ1) is 20.3. The second kappa shape index (κ2) is 8.12. The van der Waals surface area contributed by atoms with Crippen molar-refractivity contribution in [1.82, 2.24) is 31.3 Å². The van der Waals surface area contributed by atoms with Gasteiger partial charge in [0.25, 0.3) is 0 Å². The monoisotopic (exact) mass is 439 g/mol. The lowest BCUT2D eigenvalue weighted by atomic mass is 9.97. The Morgan fingerprint density at radius 2 is 1.81 bits per heavy atom. The number of fused-ring (bicyclic) bond motifs is 2. The van der Waals surface area contributed by atoms with Crippen molar-refractivity contribution in [2.24, 2.45) is 5.14 Å². The number of hydrogen-bond donors (Lipinski definition) is 4. The van der Waals surface area contributed by atoms with Gasteiger partial charge in [-0.2, -0.15) is 5.21 Å². The van der Waals surface area contributed by atoms with E-state index in [1.54, 1.807) is 6.07 Å². The van der Waals surface area contributed by atoms with Crippen LogP contribution in [0.3, 0.4) is 0 Å². The van der Waals surface area contributed by atoms with Crippen LogP contribution in [0.1, 0.15) is 31.2 Å². The maximum atomic E-state index is 12.2. The summed E-state index contributed by atoms with van der Waals surface area (Å²) in [6.45, 7) is 0.805. The van der Waals surface area contributed by atoms with E-state index in [2.05, 4.69) is 43.4 Å². The highest BCUT2D eigenvalue weighted by molar-refractivity contribution is 7.89. The molecular weight excluding hydrogens is 414 g/mol. The Balaban J connectivity index is 1.38. The van der Waals surface area contributed by atoms with Crippen LogP contribution in [0.15, 0.2) is 47.4 Å². The average molecular weight is 440 g/mol. The van der Waals surface area contributed by atoms with Crippen molar-refractivity contribution in [1.29, 1.82) is 0 Å². The van der Waals surface area contributed by atoms with Gasteiger partial charge in [-0.1, -0.05) is 36.4 Å². The van der Waals surface area contributed by atoms with Crippen molar-refractivity contribution >= 4 is 10.0 Å². The van der Waals surface area contributed by atoms with Crippen molar-refractivity contribution in [3.05, 3.63) is 48.0 Å². The van der Waals surface area contributed by atoms with Crippen LogP contribution in [-0.4, -0.2) is 47.2 Å². The Bertz CT molecular complexity index is 1150. The predicted molar refractivity (Wildman–Crippen MR) is 116 cm³/mol. The lowest BCUT2D eigenvalue weighted by molar-refractivity contribution is 0.316. The number of nitrogens with one attached hydrogen (secondary N) is 3. The number of aromatic nitrogens is 4. The molecule has 0 spiro atoms. The van der Waals surface area contributed by atoms with Gasteiger partial charge in [0, 0.05) is 24.7 Å². The predicted octanol–water partition coefficient (Wildman–Crippen LogP) is 1.55. The first-order chi connectivity index (χ1) is 15.0. The van der Waals surface area contributed by atoms with Crippen LogP contribution in [-0.2, 0) is 16.6 Å². The average Bonchev–Trinajstić information content (AvgIpc) is 3.41. The van der Waals surface area contributed by atoms with Gasteiger partial charge >= 0.3 is 0 Å². The van der Waals surface area contributed by atoms with Gasteiger partial charge in [0.2, 0.25) is 15.8 Å². The third-order valence-electron chi connectivity index (χ3n) is 6.23. The topological polar surface area (TPSA) is 139 Å². The summed E-state index contributed by atoms with van der Waals surface area (Å²) in [7, 11) is -3.96. The van der Waals surface area contributed by atoms with Gasteiger partial charge in [0.05, 0.1) is 10.5 Å². The van der Waals surface area contributed by atoms with Crippen molar-refractivity contribution in [2.75, 3.05) is 0 Å². The SMILES string of the molecule is NS(=O)(=O)c1cccc(-c2ccc(CNC3CC4CCC(C3)N4)cc2)c1-c1nn[nH]n1. The molecule has 5 N–H and O–H groups in total. The van der Waals surface area contributed by atoms with E-state index in [0.717, 1.165) is 12.1 Å². The van der Waals surface area contributed by atoms with Crippen LogP contribution in [0.4, 0.5) is 0 Å². The zero-order chi connectivity index (χ0) is 21.4. The standard InChI is InChI=1S/C21H25N7O2S/c22-31(29,30)19-3-1-2-18(20(19)21-25-27-28-26-21)14-6-4-13(5-7-14)12-23-17-10-15-8-9-16(11-17)24-15/h1-7,15-17,23-24H,8-12H2,(H2,22,29,30)(H,25,26,27,28). The molecule has 2 aliphatic heterocycles. The maximum Gasteiger partial charge on any atom is 0.238 e. The molecule has 2 unspecified atom stereocenters. The number of sulfonamides is 1. The Hall–Kier alpha value is -2.66. The summed E-state index contributed by atoms with van der Waals surface area (Å²) in [5.41, 5.74) is 3.06. The zero-order valence-corrected chi connectivity index (χ0v) is 17.8. The van der Waals surface area contributed by atoms with Gasteiger partial charge in [-0.15, -0.1) is 10.2 Å². The summed E-state index contributed by atoms with van der Waals surface area (Å²) in [6, 6.07) is 14.9. The third-order valence-corrected chi connectivity index (χ3v) is 7.19. The molecule has 2 fully saturated rings.